The van der Waals surface area contributed by atoms with E-state index in [4.69, 9.17) is 28.0 Å². The Morgan fingerprint density at radius 1 is 0.556 bits per heavy atom. The van der Waals surface area contributed by atoms with Gasteiger partial charge in [-0.1, -0.05) is 0 Å². The first-order valence-electron chi connectivity index (χ1n) is 0.926. The van der Waals surface area contributed by atoms with Crippen LogP contribution in [0.5, 0.6) is 0 Å². The van der Waals surface area contributed by atoms with Gasteiger partial charge in [-0.3, -0.25) is 0 Å². The van der Waals surface area contributed by atoms with E-state index >= 15 is 0 Å². The Labute approximate surface area is 67.0 Å². The van der Waals surface area contributed by atoms with Crippen molar-refractivity contribution in [2.45, 2.75) is 0 Å². The fourth-order valence-corrected chi connectivity index (χ4v) is 0. The van der Waals surface area contributed by atoms with Gasteiger partial charge >= 0.3 is 17.1 Å². The van der Waals surface area contributed by atoms with Gasteiger partial charge in [0.25, 0.3) is 0 Å². The molecule has 0 saturated carbocycles. The molecular weight excluding hydrogens is 223 g/mol. The van der Waals surface area contributed by atoms with E-state index in [1.807, 2.05) is 0 Å². The standard InChI is InChI=1S/2ClO3.Fe/c2*2-1(3)4;/q2*-1;+2. The van der Waals surface area contributed by atoms with Gasteiger partial charge in [0.2, 0.25) is 0 Å². The van der Waals surface area contributed by atoms with Crippen LogP contribution in [-0.4, -0.2) is 0 Å². The maximum absolute atomic E-state index is 8.41. The maximum Gasteiger partial charge on any atom is 2.00 e. The number of hydrogen-bond acceptors (Lipinski definition) is 6. The molecule has 0 amide bonds. The molecule has 0 aromatic heterocycles. The number of halogens is 2. The largest absolute Gasteiger partial charge is 2.00 e. The summed E-state index contributed by atoms with van der Waals surface area (Å²) in [6.07, 6.45) is 0. The van der Waals surface area contributed by atoms with E-state index in [-0.39, 0.29) is 17.1 Å². The van der Waals surface area contributed by atoms with Gasteiger partial charge in [-0.25, -0.2) is 0 Å². The van der Waals surface area contributed by atoms with E-state index in [1.54, 1.807) is 0 Å². The molecule has 0 N–H and O–H groups in total. The van der Waals surface area contributed by atoms with Gasteiger partial charge < -0.3 is 28.0 Å². The van der Waals surface area contributed by atoms with Crippen molar-refractivity contribution in [3.8, 4) is 0 Å². The van der Waals surface area contributed by atoms with Crippen LogP contribution < -0.4 is 28.0 Å². The average Bonchev–Trinajstić information content (AvgIpc) is 1.25. The van der Waals surface area contributed by atoms with Gasteiger partial charge in [-0.2, -0.15) is 0 Å². The molecule has 0 aromatic rings. The Morgan fingerprint density at radius 2 is 0.556 bits per heavy atom. The number of hydrogen-bond donors (Lipinski definition) is 0. The minimum atomic E-state index is -2.85. The molecule has 0 saturated heterocycles. The maximum atomic E-state index is 8.41. The summed E-state index contributed by atoms with van der Waals surface area (Å²) in [4.78, 5) is 0. The molecule has 0 spiro atoms. The van der Waals surface area contributed by atoms with Crippen molar-refractivity contribution in [2.24, 2.45) is 0 Å². The first kappa shape index (κ1) is 16.4. The van der Waals surface area contributed by atoms with E-state index in [2.05, 4.69) is 0 Å². The number of rotatable bonds is 0. The zero-order chi connectivity index (χ0) is 7.15. The third kappa shape index (κ3) is 564. The van der Waals surface area contributed by atoms with Crippen LogP contribution in [0.3, 0.4) is 0 Å². The minimum absolute atomic E-state index is 0. The second kappa shape index (κ2) is 11.6. The molecule has 0 radical (unpaired) electrons. The Morgan fingerprint density at radius 3 is 0.556 bits per heavy atom. The molecule has 0 unspecified atom stereocenters. The zero-order valence-corrected chi connectivity index (χ0v) is 6.18. The topological polar surface area (TPSA) is 138 Å². The summed E-state index contributed by atoms with van der Waals surface area (Å²) in [6, 6.07) is 0. The van der Waals surface area contributed by atoms with Crippen LogP contribution in [0.25, 0.3) is 0 Å². The van der Waals surface area contributed by atoms with E-state index < -0.39 is 21.6 Å². The molecule has 6 nitrogen and oxygen atoms in total. The Kier molecular flexibility index (Phi) is 21.3. The van der Waals surface area contributed by atoms with Crippen molar-refractivity contribution in [1.82, 2.24) is 0 Å². The quantitative estimate of drug-likeness (QED) is 0.373. The smallest absolute Gasteiger partial charge is 0.357 e. The van der Waals surface area contributed by atoms with Crippen molar-refractivity contribution >= 4 is 0 Å². The molecule has 9 heteroatoms. The van der Waals surface area contributed by atoms with Crippen molar-refractivity contribution < 1.29 is 66.6 Å². The van der Waals surface area contributed by atoms with Crippen LogP contribution in [0.4, 0.5) is 0 Å². The average molecular weight is 223 g/mol. The van der Waals surface area contributed by atoms with Gasteiger partial charge in [-0.05, 0) is 0 Å². The summed E-state index contributed by atoms with van der Waals surface area (Å²) in [5.74, 6) is 0. The molecule has 0 bridgehead atoms. The van der Waals surface area contributed by atoms with Gasteiger partial charge in [0, 0.05) is 0 Å². The van der Waals surface area contributed by atoms with Crippen LogP contribution in [0, 0.1) is 21.6 Å². The third-order valence-electron chi connectivity index (χ3n) is 0. The predicted octanol–water partition coefficient (Wildman–Crippen LogP) is -7.14. The fourth-order valence-electron chi connectivity index (χ4n) is 0. The van der Waals surface area contributed by atoms with E-state index in [0.717, 1.165) is 0 Å². The Bertz CT molecular complexity index is 26.5. The summed E-state index contributed by atoms with van der Waals surface area (Å²) in [5.41, 5.74) is 0. The van der Waals surface area contributed by atoms with Crippen LogP contribution in [0.15, 0.2) is 0 Å². The van der Waals surface area contributed by atoms with Crippen LogP contribution in [0.2, 0.25) is 0 Å². The van der Waals surface area contributed by atoms with Crippen molar-refractivity contribution in [1.29, 1.82) is 0 Å². The van der Waals surface area contributed by atoms with Crippen molar-refractivity contribution in [2.75, 3.05) is 0 Å². The first-order chi connectivity index (χ1) is 3.46. The summed E-state index contributed by atoms with van der Waals surface area (Å²) < 4.78 is 50.4. The summed E-state index contributed by atoms with van der Waals surface area (Å²) in [6.45, 7) is 0. The molecule has 0 aliphatic rings. The van der Waals surface area contributed by atoms with Gasteiger partial charge in [0.15, 0.2) is 0 Å². The van der Waals surface area contributed by atoms with Crippen LogP contribution in [-0.2, 0) is 17.1 Å². The second-order valence-electron chi connectivity index (χ2n) is 0.378. The van der Waals surface area contributed by atoms with Gasteiger partial charge in [0.05, 0.1) is 21.6 Å². The molecule has 0 fully saturated rings. The van der Waals surface area contributed by atoms with Gasteiger partial charge in [0.1, 0.15) is 0 Å². The molecule has 0 heterocycles. The molecule has 58 valence electrons. The van der Waals surface area contributed by atoms with E-state index in [0.29, 0.717) is 0 Å². The molecule has 9 heavy (non-hydrogen) atoms. The first-order valence-corrected chi connectivity index (χ1v) is 2.78. The van der Waals surface area contributed by atoms with Crippen LogP contribution >= 0.6 is 0 Å². The monoisotopic (exact) mass is 222 g/mol. The molecule has 0 aliphatic heterocycles. The second-order valence-corrected chi connectivity index (χ2v) is 1.13. The van der Waals surface area contributed by atoms with Gasteiger partial charge in [-0.15, -0.1) is 0 Å². The molecule has 0 rings (SSSR count). The molecule has 0 aromatic carbocycles. The molecular formula is Cl2FeO6. The fraction of sp³-hybridized carbons (Fsp3) is 0. The third-order valence-corrected chi connectivity index (χ3v) is 0. The summed E-state index contributed by atoms with van der Waals surface area (Å²) >= 11 is 0. The summed E-state index contributed by atoms with van der Waals surface area (Å²) in [7, 11) is -5.70. The van der Waals surface area contributed by atoms with E-state index in [1.165, 1.54) is 0 Å². The van der Waals surface area contributed by atoms with E-state index in [9.17, 15) is 0 Å². The Balaban J connectivity index is -0.0000000720. The van der Waals surface area contributed by atoms with Crippen molar-refractivity contribution in [3.63, 3.8) is 0 Å². The summed E-state index contributed by atoms with van der Waals surface area (Å²) in [5, 5.41) is 0. The molecule has 0 aliphatic carbocycles. The normalized spacial score (nSPS) is 8.00. The zero-order valence-electron chi connectivity index (χ0n) is 3.56. The van der Waals surface area contributed by atoms with Crippen LogP contribution in [0.1, 0.15) is 0 Å². The SMILES string of the molecule is [Fe+2].[O-][Cl+2]([O-])[O-].[O-][Cl+2]([O-])[O-]. The van der Waals surface area contributed by atoms with Crippen molar-refractivity contribution in [3.05, 3.63) is 0 Å². The molecule has 0 atom stereocenters. The minimum Gasteiger partial charge on any atom is -0.357 e. The Hall–Kier alpha value is 0.859. The predicted molar refractivity (Wildman–Crippen MR) is 0 cm³/mol.